The molecule has 19 heavy (non-hydrogen) atoms. The second-order valence-corrected chi connectivity index (χ2v) is 4.64. The lowest BCUT2D eigenvalue weighted by Crippen LogP contribution is -2.32. The van der Waals surface area contributed by atoms with Gasteiger partial charge in [0.25, 0.3) is 11.6 Å². The van der Waals surface area contributed by atoms with E-state index in [2.05, 4.69) is 10.7 Å². The van der Waals surface area contributed by atoms with Gasteiger partial charge in [-0.2, -0.15) is 0 Å². The van der Waals surface area contributed by atoms with Crippen LogP contribution < -0.4 is 16.6 Å². The fourth-order valence-corrected chi connectivity index (χ4v) is 1.99. The van der Waals surface area contributed by atoms with Crippen molar-refractivity contribution < 1.29 is 9.72 Å². The predicted octanol–water partition coefficient (Wildman–Crippen LogP) is 1.41. The number of nitrogens with two attached hydrogens (primary N) is 1. The van der Waals surface area contributed by atoms with Gasteiger partial charge in [0.05, 0.1) is 16.2 Å². The second kappa shape index (κ2) is 5.66. The van der Waals surface area contributed by atoms with E-state index < -0.39 is 4.92 Å². The van der Waals surface area contributed by atoms with E-state index in [-0.39, 0.29) is 17.2 Å². The summed E-state index contributed by atoms with van der Waals surface area (Å²) in [6, 6.07) is 3.96. The highest BCUT2D eigenvalue weighted by molar-refractivity contribution is 6.00. The number of hydrogen-bond donors (Lipinski definition) is 3. The fraction of sp³-hybridized carbons (Fsp3) is 0.417. The molecule has 4 N–H and O–H groups in total. The van der Waals surface area contributed by atoms with Crippen LogP contribution in [-0.2, 0) is 0 Å². The van der Waals surface area contributed by atoms with E-state index in [1.165, 1.54) is 24.6 Å². The van der Waals surface area contributed by atoms with Crippen molar-refractivity contribution in [3.8, 4) is 0 Å². The molecular formula is C12H16N4O3. The number of carbonyl (C=O) groups is 1. The molecule has 0 heterocycles. The van der Waals surface area contributed by atoms with Crippen molar-refractivity contribution in [1.82, 2.24) is 5.32 Å². The molecule has 1 saturated carbocycles. The van der Waals surface area contributed by atoms with Crippen LogP contribution in [0.1, 0.15) is 29.6 Å². The highest BCUT2D eigenvalue weighted by atomic mass is 16.6. The third-order valence-electron chi connectivity index (χ3n) is 3.39. The minimum absolute atomic E-state index is 0.132. The van der Waals surface area contributed by atoms with Crippen LogP contribution in [0.3, 0.4) is 0 Å². The molecule has 2 rings (SSSR count). The summed E-state index contributed by atoms with van der Waals surface area (Å²) in [4.78, 5) is 22.2. The molecule has 7 nitrogen and oxygen atoms in total. The van der Waals surface area contributed by atoms with Gasteiger partial charge in [0, 0.05) is 18.7 Å². The minimum Gasteiger partial charge on any atom is -0.352 e. The number of nitro benzene ring substituents is 1. The molecule has 0 aliphatic heterocycles. The smallest absolute Gasteiger partial charge is 0.270 e. The molecular weight excluding hydrogens is 248 g/mol. The van der Waals surface area contributed by atoms with E-state index in [9.17, 15) is 14.9 Å². The monoisotopic (exact) mass is 264 g/mol. The summed E-state index contributed by atoms with van der Waals surface area (Å²) < 4.78 is 0. The zero-order valence-electron chi connectivity index (χ0n) is 10.4. The van der Waals surface area contributed by atoms with Gasteiger partial charge in [-0.05, 0) is 24.8 Å². The minimum atomic E-state index is -0.539. The molecule has 0 aromatic heterocycles. The number of benzene rings is 1. The molecule has 1 fully saturated rings. The summed E-state index contributed by atoms with van der Waals surface area (Å²) in [6.07, 6.45) is 3.45. The summed E-state index contributed by atoms with van der Waals surface area (Å²) in [7, 11) is 0. The van der Waals surface area contributed by atoms with Crippen molar-refractivity contribution in [2.45, 2.75) is 19.3 Å². The molecule has 1 aliphatic rings. The molecule has 102 valence electrons. The van der Waals surface area contributed by atoms with Gasteiger partial charge in [-0.1, -0.05) is 6.42 Å². The molecule has 0 atom stereocenters. The van der Waals surface area contributed by atoms with Crippen molar-refractivity contribution >= 4 is 17.3 Å². The van der Waals surface area contributed by atoms with E-state index >= 15 is 0 Å². The first-order valence-electron chi connectivity index (χ1n) is 6.15. The summed E-state index contributed by atoms with van der Waals surface area (Å²) in [5.74, 6) is 5.49. The first-order valence-corrected chi connectivity index (χ1v) is 6.15. The normalized spacial score (nSPS) is 14.6. The van der Waals surface area contributed by atoms with Gasteiger partial charge in [0.1, 0.15) is 0 Å². The molecule has 1 aliphatic carbocycles. The van der Waals surface area contributed by atoms with Crippen LogP contribution in [0.2, 0.25) is 0 Å². The summed E-state index contributed by atoms with van der Waals surface area (Å²) >= 11 is 0. The molecule has 0 radical (unpaired) electrons. The average molecular weight is 264 g/mol. The van der Waals surface area contributed by atoms with E-state index in [0.29, 0.717) is 18.2 Å². The van der Waals surface area contributed by atoms with Crippen LogP contribution >= 0.6 is 0 Å². The topological polar surface area (TPSA) is 110 Å². The van der Waals surface area contributed by atoms with Crippen LogP contribution in [0, 0.1) is 16.0 Å². The molecule has 0 bridgehead atoms. The van der Waals surface area contributed by atoms with Crippen molar-refractivity contribution in [3.63, 3.8) is 0 Å². The average Bonchev–Trinajstić information content (AvgIpc) is 2.35. The van der Waals surface area contributed by atoms with Crippen LogP contribution in [0.5, 0.6) is 0 Å². The van der Waals surface area contributed by atoms with Crippen molar-refractivity contribution in [3.05, 3.63) is 33.9 Å². The lowest BCUT2D eigenvalue weighted by atomic mass is 9.85. The Balaban J connectivity index is 2.12. The van der Waals surface area contributed by atoms with E-state index in [1.807, 2.05) is 0 Å². The van der Waals surface area contributed by atoms with E-state index in [4.69, 9.17) is 5.84 Å². The zero-order valence-corrected chi connectivity index (χ0v) is 10.4. The van der Waals surface area contributed by atoms with E-state index in [1.54, 1.807) is 0 Å². The molecule has 0 spiro atoms. The summed E-state index contributed by atoms with van der Waals surface area (Å²) in [5, 5.41) is 13.5. The Kier molecular flexibility index (Phi) is 3.96. The number of amides is 1. The Hall–Kier alpha value is -2.15. The Bertz CT molecular complexity index is 500. The quantitative estimate of drug-likeness (QED) is 0.423. The van der Waals surface area contributed by atoms with Crippen molar-refractivity contribution in [2.75, 3.05) is 12.0 Å². The Labute approximate surface area is 110 Å². The molecule has 1 aromatic rings. The van der Waals surface area contributed by atoms with Gasteiger partial charge in [0.2, 0.25) is 0 Å². The Morgan fingerprint density at radius 1 is 1.47 bits per heavy atom. The van der Waals surface area contributed by atoms with Crippen LogP contribution in [0.15, 0.2) is 18.2 Å². The number of nitrogen functional groups attached to an aromatic ring is 1. The van der Waals surface area contributed by atoms with Gasteiger partial charge < -0.3 is 10.7 Å². The molecule has 7 heteroatoms. The lowest BCUT2D eigenvalue weighted by Gasteiger charge is -2.25. The van der Waals surface area contributed by atoms with Gasteiger partial charge in [-0.15, -0.1) is 0 Å². The molecule has 1 aromatic carbocycles. The fourth-order valence-electron chi connectivity index (χ4n) is 1.99. The van der Waals surface area contributed by atoms with Gasteiger partial charge >= 0.3 is 0 Å². The number of carbonyl (C=O) groups excluding carboxylic acids is 1. The number of nitrogens with zero attached hydrogens (tertiary/aromatic N) is 1. The number of rotatable bonds is 5. The largest absolute Gasteiger partial charge is 0.352 e. The highest BCUT2D eigenvalue weighted by Crippen LogP contribution is 2.26. The maximum atomic E-state index is 12.0. The number of nitrogens with one attached hydrogen (secondary N) is 2. The predicted molar refractivity (Wildman–Crippen MR) is 70.6 cm³/mol. The van der Waals surface area contributed by atoms with Gasteiger partial charge in [-0.25, -0.2) is 0 Å². The third-order valence-corrected chi connectivity index (χ3v) is 3.39. The molecule has 0 unspecified atom stereocenters. The lowest BCUT2D eigenvalue weighted by molar-refractivity contribution is -0.384. The third kappa shape index (κ3) is 3.00. The zero-order chi connectivity index (χ0) is 13.8. The maximum Gasteiger partial charge on any atom is 0.270 e. The van der Waals surface area contributed by atoms with Crippen molar-refractivity contribution in [1.29, 1.82) is 0 Å². The number of anilines is 1. The van der Waals surface area contributed by atoms with E-state index in [0.717, 1.165) is 12.8 Å². The number of nitro groups is 1. The number of non-ortho nitro benzene ring substituents is 1. The SMILES string of the molecule is NNc1ccc([N+](=O)[O-])cc1C(=O)NCC1CCC1. The van der Waals surface area contributed by atoms with Gasteiger partial charge in [-0.3, -0.25) is 20.8 Å². The summed E-state index contributed by atoms with van der Waals surface area (Å²) in [5.41, 5.74) is 2.81. The molecule has 0 saturated heterocycles. The van der Waals surface area contributed by atoms with Crippen LogP contribution in [-0.4, -0.2) is 17.4 Å². The van der Waals surface area contributed by atoms with Gasteiger partial charge in [0.15, 0.2) is 0 Å². The van der Waals surface area contributed by atoms with Crippen LogP contribution in [0.4, 0.5) is 11.4 Å². The van der Waals surface area contributed by atoms with Crippen molar-refractivity contribution in [2.24, 2.45) is 11.8 Å². The summed E-state index contributed by atoms with van der Waals surface area (Å²) in [6.45, 7) is 0.603. The first-order chi connectivity index (χ1) is 9.11. The molecule has 1 amide bonds. The maximum absolute atomic E-state index is 12.0. The number of hydrogen-bond acceptors (Lipinski definition) is 5. The second-order valence-electron chi connectivity index (χ2n) is 4.64. The standard InChI is InChI=1S/C12H16N4O3/c13-15-11-5-4-9(16(18)19)6-10(11)12(17)14-7-8-2-1-3-8/h4-6,8,15H,1-3,7,13H2,(H,14,17). The number of hydrazine groups is 1. The Morgan fingerprint density at radius 2 is 2.21 bits per heavy atom. The first kappa shape index (κ1) is 13.3. The highest BCUT2D eigenvalue weighted by Gasteiger charge is 2.20. The van der Waals surface area contributed by atoms with Crippen LogP contribution in [0.25, 0.3) is 0 Å². The Morgan fingerprint density at radius 3 is 2.74 bits per heavy atom.